The Morgan fingerprint density at radius 1 is 0.862 bits per heavy atom. The molecule has 4 rings (SSSR count). The zero-order valence-corrected chi connectivity index (χ0v) is 16.0. The van der Waals surface area contributed by atoms with Gasteiger partial charge in [0, 0.05) is 6.54 Å². The number of carbonyl (C=O) groups excluding carboxylic acids is 2. The quantitative estimate of drug-likeness (QED) is 0.632. The summed E-state index contributed by atoms with van der Waals surface area (Å²) >= 11 is 0. The van der Waals surface area contributed by atoms with Gasteiger partial charge in [0.15, 0.2) is 0 Å². The Bertz CT molecular complexity index is 972. The van der Waals surface area contributed by atoms with E-state index in [1.165, 1.54) is 0 Å². The number of carbonyl (C=O) groups is 2. The number of nitrogens with one attached hydrogen (secondary N) is 3. The van der Waals surface area contributed by atoms with E-state index in [0.717, 1.165) is 22.3 Å². The SMILES string of the molecule is O=C1CC(C(=O)NCc2ccc(-c3ccccc3)cc2)NC(c2ccccc2)N1. The Kier molecular flexibility index (Phi) is 5.68. The van der Waals surface area contributed by atoms with Crippen LogP contribution in [0.25, 0.3) is 11.1 Å². The van der Waals surface area contributed by atoms with Crippen LogP contribution in [0.1, 0.15) is 23.7 Å². The molecule has 2 amide bonds. The summed E-state index contributed by atoms with van der Waals surface area (Å²) < 4.78 is 0. The summed E-state index contributed by atoms with van der Waals surface area (Å²) in [7, 11) is 0. The van der Waals surface area contributed by atoms with E-state index in [2.05, 4.69) is 40.2 Å². The van der Waals surface area contributed by atoms with Gasteiger partial charge in [0.05, 0.1) is 12.5 Å². The number of rotatable bonds is 5. The number of amides is 2. The first kappa shape index (κ1) is 18.9. The van der Waals surface area contributed by atoms with Crippen molar-refractivity contribution in [2.75, 3.05) is 0 Å². The molecular formula is C24H23N3O2. The lowest BCUT2D eigenvalue weighted by Crippen LogP contribution is -2.56. The third kappa shape index (κ3) is 4.70. The van der Waals surface area contributed by atoms with Gasteiger partial charge in [-0.3, -0.25) is 14.9 Å². The molecule has 1 aliphatic rings. The van der Waals surface area contributed by atoms with Gasteiger partial charge < -0.3 is 10.6 Å². The van der Waals surface area contributed by atoms with E-state index in [1.54, 1.807) is 0 Å². The second-order valence-electron chi connectivity index (χ2n) is 7.12. The van der Waals surface area contributed by atoms with Crippen molar-refractivity contribution in [1.29, 1.82) is 0 Å². The molecule has 0 aliphatic carbocycles. The maximum absolute atomic E-state index is 12.6. The van der Waals surface area contributed by atoms with E-state index in [0.29, 0.717) is 6.54 Å². The van der Waals surface area contributed by atoms with E-state index < -0.39 is 6.04 Å². The Balaban J connectivity index is 1.36. The second kappa shape index (κ2) is 8.71. The van der Waals surface area contributed by atoms with E-state index in [1.807, 2.05) is 60.7 Å². The lowest BCUT2D eigenvalue weighted by Gasteiger charge is -2.31. The highest BCUT2D eigenvalue weighted by atomic mass is 16.2. The zero-order chi connectivity index (χ0) is 20.1. The molecule has 0 spiro atoms. The van der Waals surface area contributed by atoms with Crippen molar-refractivity contribution < 1.29 is 9.59 Å². The molecule has 2 unspecified atom stereocenters. The van der Waals surface area contributed by atoms with Crippen molar-refractivity contribution >= 4 is 11.8 Å². The molecule has 0 saturated carbocycles. The monoisotopic (exact) mass is 385 g/mol. The van der Waals surface area contributed by atoms with E-state index >= 15 is 0 Å². The summed E-state index contributed by atoms with van der Waals surface area (Å²) in [5.74, 6) is -0.308. The predicted octanol–water partition coefficient (Wildman–Crippen LogP) is 3.15. The molecule has 2 atom stereocenters. The highest BCUT2D eigenvalue weighted by Gasteiger charge is 2.31. The molecule has 3 aromatic rings. The first-order valence-corrected chi connectivity index (χ1v) is 9.71. The molecule has 29 heavy (non-hydrogen) atoms. The highest BCUT2D eigenvalue weighted by Crippen LogP contribution is 2.19. The molecular weight excluding hydrogens is 362 g/mol. The average Bonchev–Trinajstić information content (AvgIpc) is 2.78. The smallest absolute Gasteiger partial charge is 0.238 e. The second-order valence-corrected chi connectivity index (χ2v) is 7.12. The van der Waals surface area contributed by atoms with Crippen LogP contribution in [0, 0.1) is 0 Å². The molecule has 5 heteroatoms. The minimum absolute atomic E-state index is 0.127. The maximum atomic E-state index is 12.6. The van der Waals surface area contributed by atoms with Gasteiger partial charge in [-0.25, -0.2) is 0 Å². The van der Waals surface area contributed by atoms with Crippen molar-refractivity contribution in [1.82, 2.24) is 16.0 Å². The van der Waals surface area contributed by atoms with Gasteiger partial charge in [-0.1, -0.05) is 84.9 Å². The van der Waals surface area contributed by atoms with Gasteiger partial charge in [-0.15, -0.1) is 0 Å². The van der Waals surface area contributed by atoms with Gasteiger partial charge in [-0.2, -0.15) is 0 Å². The van der Waals surface area contributed by atoms with E-state index in [9.17, 15) is 9.59 Å². The maximum Gasteiger partial charge on any atom is 0.238 e. The van der Waals surface area contributed by atoms with Crippen LogP contribution in [0.2, 0.25) is 0 Å². The first-order chi connectivity index (χ1) is 14.2. The van der Waals surface area contributed by atoms with Crippen LogP contribution in [0.3, 0.4) is 0 Å². The fourth-order valence-electron chi connectivity index (χ4n) is 3.46. The zero-order valence-electron chi connectivity index (χ0n) is 16.0. The standard InChI is InChI=1S/C24H23N3O2/c28-22-15-21(26-23(27-22)20-9-5-2-6-10-20)24(29)25-16-17-11-13-19(14-12-17)18-7-3-1-4-8-18/h1-14,21,23,26H,15-16H2,(H,25,29)(H,27,28). The molecule has 0 bridgehead atoms. The van der Waals surface area contributed by atoms with Crippen molar-refractivity contribution in [3.63, 3.8) is 0 Å². The van der Waals surface area contributed by atoms with Crippen molar-refractivity contribution in [3.8, 4) is 11.1 Å². The van der Waals surface area contributed by atoms with Gasteiger partial charge in [0.1, 0.15) is 6.17 Å². The Labute approximate surface area is 170 Å². The molecule has 1 fully saturated rings. The number of hydrogen-bond acceptors (Lipinski definition) is 3. The molecule has 5 nitrogen and oxygen atoms in total. The summed E-state index contributed by atoms with van der Waals surface area (Å²) in [6, 6.07) is 27.3. The lowest BCUT2D eigenvalue weighted by atomic mass is 10.0. The van der Waals surface area contributed by atoms with Crippen LogP contribution < -0.4 is 16.0 Å². The summed E-state index contributed by atoms with van der Waals surface area (Å²) in [5, 5.41) is 9.04. The van der Waals surface area contributed by atoms with E-state index in [4.69, 9.17) is 0 Å². The molecule has 146 valence electrons. The van der Waals surface area contributed by atoms with E-state index in [-0.39, 0.29) is 24.4 Å². The van der Waals surface area contributed by atoms with Crippen LogP contribution in [0.5, 0.6) is 0 Å². The minimum atomic E-state index is -0.558. The first-order valence-electron chi connectivity index (χ1n) is 9.71. The molecule has 0 aromatic heterocycles. The predicted molar refractivity (Wildman–Crippen MR) is 113 cm³/mol. The lowest BCUT2D eigenvalue weighted by molar-refractivity contribution is -0.132. The Morgan fingerprint density at radius 3 is 2.17 bits per heavy atom. The minimum Gasteiger partial charge on any atom is -0.351 e. The van der Waals surface area contributed by atoms with Crippen LogP contribution in [-0.4, -0.2) is 17.9 Å². The summed E-state index contributed by atoms with van der Waals surface area (Å²) in [6.07, 6.45) is -0.236. The third-order valence-electron chi connectivity index (χ3n) is 5.04. The van der Waals surface area contributed by atoms with Gasteiger partial charge in [0.2, 0.25) is 11.8 Å². The van der Waals surface area contributed by atoms with Crippen LogP contribution in [0.4, 0.5) is 0 Å². The summed E-state index contributed by atoms with van der Waals surface area (Å²) in [4.78, 5) is 24.7. The van der Waals surface area contributed by atoms with Crippen LogP contribution in [-0.2, 0) is 16.1 Å². The number of hydrogen-bond donors (Lipinski definition) is 3. The topological polar surface area (TPSA) is 70.2 Å². The molecule has 1 saturated heterocycles. The van der Waals surface area contributed by atoms with Gasteiger partial charge >= 0.3 is 0 Å². The molecule has 3 aromatic carbocycles. The fourth-order valence-corrected chi connectivity index (χ4v) is 3.46. The van der Waals surface area contributed by atoms with Crippen molar-refractivity contribution in [3.05, 3.63) is 96.1 Å². The fraction of sp³-hybridized carbons (Fsp3) is 0.167. The van der Waals surface area contributed by atoms with Crippen molar-refractivity contribution in [2.45, 2.75) is 25.2 Å². The molecule has 1 heterocycles. The normalized spacial score (nSPS) is 18.7. The highest BCUT2D eigenvalue weighted by molar-refractivity contribution is 5.89. The summed E-state index contributed by atoms with van der Waals surface area (Å²) in [6.45, 7) is 0.420. The summed E-state index contributed by atoms with van der Waals surface area (Å²) in [5.41, 5.74) is 4.23. The third-order valence-corrected chi connectivity index (χ3v) is 5.04. The Hall–Kier alpha value is -3.44. The van der Waals surface area contributed by atoms with Crippen molar-refractivity contribution in [2.24, 2.45) is 0 Å². The molecule has 0 radical (unpaired) electrons. The largest absolute Gasteiger partial charge is 0.351 e. The Morgan fingerprint density at radius 2 is 1.48 bits per heavy atom. The van der Waals surface area contributed by atoms with Gasteiger partial charge in [0.25, 0.3) is 0 Å². The van der Waals surface area contributed by atoms with Gasteiger partial charge in [-0.05, 0) is 22.3 Å². The molecule has 1 aliphatic heterocycles. The van der Waals surface area contributed by atoms with Crippen LogP contribution >= 0.6 is 0 Å². The average molecular weight is 385 g/mol. The molecule has 3 N–H and O–H groups in total. The van der Waals surface area contributed by atoms with Crippen LogP contribution in [0.15, 0.2) is 84.9 Å². The number of benzene rings is 3.